The Morgan fingerprint density at radius 2 is 1.79 bits per heavy atom. The molecule has 0 amide bonds. The molecule has 1 fully saturated rings. The van der Waals surface area contributed by atoms with Crippen molar-refractivity contribution in [3.05, 3.63) is 41.1 Å². The van der Waals surface area contributed by atoms with Crippen LogP contribution in [0.4, 0.5) is 22.0 Å². The number of aromatic nitrogens is 4. The molecule has 1 unspecified atom stereocenters. The summed E-state index contributed by atoms with van der Waals surface area (Å²) < 4.78 is 88.8. The molecule has 1 saturated heterocycles. The zero-order valence-corrected chi connectivity index (χ0v) is 22.9. The van der Waals surface area contributed by atoms with Gasteiger partial charge in [0, 0.05) is 17.6 Å². The number of benzene rings is 2. The maximum atomic E-state index is 16.3. The molecular formula is C27H27F5N4O2S. The third-order valence-electron chi connectivity index (χ3n) is 6.48. The van der Waals surface area contributed by atoms with Crippen LogP contribution in [0.3, 0.4) is 0 Å². The highest BCUT2D eigenvalue weighted by Crippen LogP contribution is 2.47. The van der Waals surface area contributed by atoms with Crippen molar-refractivity contribution in [2.24, 2.45) is 0 Å². The number of hydrogen-bond acceptors (Lipinski definition) is 6. The van der Waals surface area contributed by atoms with Crippen molar-refractivity contribution < 1.29 is 31.4 Å². The number of aryl methyl sites for hydroxylation is 1. The van der Waals surface area contributed by atoms with Crippen LogP contribution in [0.5, 0.6) is 5.88 Å². The summed E-state index contributed by atoms with van der Waals surface area (Å²) in [7, 11) is 0. The van der Waals surface area contributed by atoms with Gasteiger partial charge in [-0.2, -0.15) is 23.3 Å². The predicted octanol–water partition coefficient (Wildman–Crippen LogP) is 7.85. The molecule has 208 valence electrons. The molecule has 3 heterocycles. The summed E-state index contributed by atoms with van der Waals surface area (Å²) in [6, 6.07) is 2.27. The minimum absolute atomic E-state index is 0.0374. The van der Waals surface area contributed by atoms with E-state index < -0.39 is 46.3 Å². The SMILES string of the molecule is CSc1nc(OC(C)(C)C)c2cc(F)c(-c3c(C(F)(F)F)c(C)cc4c3cnn4C3CCCCO3)c(F)c2n1. The molecule has 5 rings (SSSR count). The van der Waals surface area contributed by atoms with E-state index in [0.717, 1.165) is 30.7 Å². The molecule has 1 atom stereocenters. The van der Waals surface area contributed by atoms with Gasteiger partial charge in [0.25, 0.3) is 0 Å². The van der Waals surface area contributed by atoms with Crippen molar-refractivity contribution in [1.29, 1.82) is 0 Å². The number of halogens is 5. The number of nitrogens with zero attached hydrogens (tertiary/aromatic N) is 4. The quantitative estimate of drug-likeness (QED) is 0.142. The summed E-state index contributed by atoms with van der Waals surface area (Å²) in [5.74, 6) is -2.49. The van der Waals surface area contributed by atoms with E-state index in [0.29, 0.717) is 18.5 Å². The lowest BCUT2D eigenvalue weighted by atomic mass is 9.90. The van der Waals surface area contributed by atoms with Gasteiger partial charge in [-0.3, -0.25) is 0 Å². The number of hydrogen-bond donors (Lipinski definition) is 0. The zero-order chi connectivity index (χ0) is 28.3. The second-order valence-corrected chi connectivity index (χ2v) is 11.2. The van der Waals surface area contributed by atoms with Gasteiger partial charge in [-0.1, -0.05) is 11.8 Å². The Balaban J connectivity index is 1.86. The van der Waals surface area contributed by atoms with Crippen molar-refractivity contribution in [2.45, 2.75) is 70.1 Å². The van der Waals surface area contributed by atoms with Crippen molar-refractivity contribution >= 4 is 33.6 Å². The lowest BCUT2D eigenvalue weighted by Gasteiger charge is -2.24. The Hall–Kier alpha value is -2.99. The van der Waals surface area contributed by atoms with Crippen LogP contribution in [0.15, 0.2) is 23.5 Å². The summed E-state index contributed by atoms with van der Waals surface area (Å²) in [5, 5.41) is 4.32. The highest BCUT2D eigenvalue weighted by molar-refractivity contribution is 7.98. The van der Waals surface area contributed by atoms with Gasteiger partial charge < -0.3 is 9.47 Å². The number of alkyl halides is 3. The molecule has 1 aliphatic heterocycles. The van der Waals surface area contributed by atoms with Crippen LogP contribution in [0.1, 0.15) is 57.4 Å². The van der Waals surface area contributed by atoms with Crippen molar-refractivity contribution in [2.75, 3.05) is 12.9 Å². The smallest absolute Gasteiger partial charge is 0.417 e. The van der Waals surface area contributed by atoms with Gasteiger partial charge in [-0.05, 0) is 70.9 Å². The molecule has 6 nitrogen and oxygen atoms in total. The van der Waals surface area contributed by atoms with Gasteiger partial charge in [0.05, 0.1) is 28.2 Å². The minimum atomic E-state index is -4.90. The van der Waals surface area contributed by atoms with Crippen molar-refractivity contribution in [3.8, 4) is 17.0 Å². The first-order valence-corrected chi connectivity index (χ1v) is 13.7. The largest absolute Gasteiger partial charge is 0.471 e. The molecule has 0 saturated carbocycles. The minimum Gasteiger partial charge on any atom is -0.471 e. The second kappa shape index (κ2) is 9.88. The highest BCUT2D eigenvalue weighted by atomic mass is 32.2. The average molecular weight is 567 g/mol. The van der Waals surface area contributed by atoms with Crippen LogP contribution in [0.2, 0.25) is 0 Å². The summed E-state index contributed by atoms with van der Waals surface area (Å²) in [6.07, 6.45) is -0.160. The molecule has 4 aromatic rings. The maximum Gasteiger partial charge on any atom is 0.417 e. The van der Waals surface area contributed by atoms with E-state index in [2.05, 4.69) is 15.1 Å². The first-order chi connectivity index (χ1) is 18.3. The van der Waals surface area contributed by atoms with Crippen LogP contribution < -0.4 is 4.74 Å². The van der Waals surface area contributed by atoms with Crippen LogP contribution in [-0.4, -0.2) is 38.2 Å². The number of rotatable bonds is 4. The molecule has 0 radical (unpaired) electrons. The van der Waals surface area contributed by atoms with Gasteiger partial charge in [0.2, 0.25) is 5.88 Å². The van der Waals surface area contributed by atoms with Gasteiger partial charge in [0.15, 0.2) is 17.2 Å². The number of fused-ring (bicyclic) bond motifs is 2. The number of thioether (sulfide) groups is 1. The topological polar surface area (TPSA) is 62.1 Å². The normalized spacial score (nSPS) is 16.8. The van der Waals surface area contributed by atoms with Gasteiger partial charge in [-0.15, -0.1) is 0 Å². The maximum absolute atomic E-state index is 16.3. The monoisotopic (exact) mass is 566 g/mol. The van der Waals surface area contributed by atoms with Crippen molar-refractivity contribution in [1.82, 2.24) is 19.7 Å². The van der Waals surface area contributed by atoms with E-state index in [4.69, 9.17) is 9.47 Å². The molecule has 39 heavy (non-hydrogen) atoms. The Morgan fingerprint density at radius 1 is 1.05 bits per heavy atom. The second-order valence-electron chi connectivity index (χ2n) is 10.5. The lowest BCUT2D eigenvalue weighted by molar-refractivity contribution is -0.137. The van der Waals surface area contributed by atoms with Crippen LogP contribution in [0, 0.1) is 18.6 Å². The molecule has 0 spiro atoms. The molecule has 1 aliphatic rings. The van der Waals surface area contributed by atoms with Gasteiger partial charge >= 0.3 is 6.18 Å². The summed E-state index contributed by atoms with van der Waals surface area (Å²) in [5.41, 5.74) is -3.59. The van der Waals surface area contributed by atoms with Crippen LogP contribution in [0.25, 0.3) is 32.9 Å². The van der Waals surface area contributed by atoms with E-state index in [9.17, 15) is 13.2 Å². The molecular weight excluding hydrogens is 539 g/mol. The third kappa shape index (κ3) is 5.04. The molecule has 0 aliphatic carbocycles. The van der Waals surface area contributed by atoms with Gasteiger partial charge in [0.1, 0.15) is 16.9 Å². The lowest BCUT2D eigenvalue weighted by Crippen LogP contribution is -2.24. The molecule has 12 heteroatoms. The van der Waals surface area contributed by atoms with E-state index >= 15 is 8.78 Å². The standard InChI is InChI=1S/C27H27F5N4O2S/c1-13-10-17-15(12-33-36(17)18-8-6-7-9-37-18)19(21(13)27(30,31)32)20-16(28)11-14-23(22(20)29)34-25(39-5)35-24(14)38-26(2,3)4/h10-12,18H,6-9H2,1-5H3. The Labute approximate surface area is 225 Å². The number of ether oxygens (including phenoxy) is 2. The van der Waals surface area contributed by atoms with E-state index in [1.807, 2.05) is 0 Å². The molecule has 2 aromatic carbocycles. The molecule has 0 bridgehead atoms. The third-order valence-corrected chi connectivity index (χ3v) is 7.02. The molecule has 2 aromatic heterocycles. The average Bonchev–Trinajstić information content (AvgIpc) is 3.26. The van der Waals surface area contributed by atoms with E-state index in [-0.39, 0.29) is 32.9 Å². The fourth-order valence-electron chi connectivity index (χ4n) is 4.93. The van der Waals surface area contributed by atoms with Crippen molar-refractivity contribution in [3.63, 3.8) is 0 Å². The zero-order valence-electron chi connectivity index (χ0n) is 22.0. The van der Waals surface area contributed by atoms with E-state index in [1.54, 1.807) is 27.0 Å². The fourth-order valence-corrected chi connectivity index (χ4v) is 5.28. The fraction of sp³-hybridized carbons (Fsp3) is 0.444. The first-order valence-electron chi connectivity index (χ1n) is 12.4. The summed E-state index contributed by atoms with van der Waals surface area (Å²) in [6.45, 7) is 6.99. The molecule has 0 N–H and O–H groups in total. The Kier molecular flexibility index (Phi) is 6.99. The van der Waals surface area contributed by atoms with Crippen LogP contribution in [-0.2, 0) is 10.9 Å². The van der Waals surface area contributed by atoms with E-state index in [1.165, 1.54) is 23.9 Å². The Morgan fingerprint density at radius 3 is 2.41 bits per heavy atom. The van der Waals surface area contributed by atoms with Crippen LogP contribution >= 0.6 is 11.8 Å². The summed E-state index contributed by atoms with van der Waals surface area (Å²) >= 11 is 1.10. The van der Waals surface area contributed by atoms with Gasteiger partial charge in [-0.25, -0.2) is 18.4 Å². The summed E-state index contributed by atoms with van der Waals surface area (Å²) in [4.78, 5) is 8.45. The first kappa shape index (κ1) is 27.6. The Bertz CT molecular complexity index is 1570. The highest BCUT2D eigenvalue weighted by Gasteiger charge is 2.39. The predicted molar refractivity (Wildman–Crippen MR) is 139 cm³/mol.